The highest BCUT2D eigenvalue weighted by molar-refractivity contribution is 6.07. The van der Waals surface area contributed by atoms with Gasteiger partial charge in [-0.05, 0) is 37.6 Å². The van der Waals surface area contributed by atoms with Crippen molar-refractivity contribution in [1.29, 1.82) is 0 Å². The van der Waals surface area contributed by atoms with E-state index in [2.05, 4.69) is 20.4 Å². The number of hydrogen-bond acceptors (Lipinski definition) is 5. The molecule has 0 aliphatic carbocycles. The summed E-state index contributed by atoms with van der Waals surface area (Å²) in [4.78, 5) is 22.7. The normalized spacial score (nSPS) is 12.1. The van der Waals surface area contributed by atoms with Crippen molar-refractivity contribution < 1.29 is 13.7 Å². The lowest BCUT2D eigenvalue weighted by Gasteiger charge is -2.20. The Morgan fingerprint density at radius 1 is 1.12 bits per heavy atom. The maximum atomic E-state index is 14.0. The van der Waals surface area contributed by atoms with Crippen LogP contribution in [0.1, 0.15) is 39.0 Å². The van der Waals surface area contributed by atoms with E-state index < -0.39 is 11.9 Å². The smallest absolute Gasteiger partial charge is 0.259 e. The van der Waals surface area contributed by atoms with Crippen LogP contribution in [-0.4, -0.2) is 25.6 Å². The van der Waals surface area contributed by atoms with Gasteiger partial charge >= 0.3 is 0 Å². The van der Waals surface area contributed by atoms with E-state index in [4.69, 9.17) is 4.52 Å². The van der Waals surface area contributed by atoms with E-state index in [1.807, 2.05) is 38.2 Å². The molecule has 0 saturated carbocycles. The molecule has 5 aromatic rings. The Morgan fingerprint density at radius 3 is 2.62 bits per heavy atom. The molecule has 0 saturated heterocycles. The van der Waals surface area contributed by atoms with Crippen molar-refractivity contribution in [2.75, 3.05) is 0 Å². The Kier molecular flexibility index (Phi) is 5.41. The number of aryl methyl sites for hydroxylation is 3. The lowest BCUT2D eigenvalue weighted by Crippen LogP contribution is -2.31. The number of fused-ring (bicyclic) bond motifs is 1. The van der Waals surface area contributed by atoms with Gasteiger partial charge in [0.15, 0.2) is 0 Å². The Labute approximate surface area is 195 Å². The van der Waals surface area contributed by atoms with Crippen molar-refractivity contribution in [3.8, 4) is 11.3 Å². The summed E-state index contributed by atoms with van der Waals surface area (Å²) < 4.78 is 21.3. The molecule has 0 bridgehead atoms. The third kappa shape index (κ3) is 3.94. The number of halogens is 1. The topological polar surface area (TPSA) is 85.8 Å². The second kappa shape index (κ2) is 8.55. The number of benzene rings is 2. The van der Waals surface area contributed by atoms with E-state index in [1.165, 1.54) is 12.1 Å². The van der Waals surface area contributed by atoms with E-state index >= 15 is 0 Å². The minimum atomic E-state index is -0.672. The number of aromatic nitrogens is 4. The van der Waals surface area contributed by atoms with Gasteiger partial charge in [-0.2, -0.15) is 0 Å². The summed E-state index contributed by atoms with van der Waals surface area (Å²) in [6.45, 7) is 3.77. The number of hydrogen-bond donors (Lipinski definition) is 1. The van der Waals surface area contributed by atoms with E-state index in [0.29, 0.717) is 33.7 Å². The van der Waals surface area contributed by atoms with E-state index in [1.54, 1.807) is 42.1 Å². The molecule has 0 spiro atoms. The summed E-state index contributed by atoms with van der Waals surface area (Å²) in [5, 5.41) is 7.58. The Balaban J connectivity index is 1.61. The number of carbonyl (C=O) groups excluding carboxylic acids is 1. The summed E-state index contributed by atoms with van der Waals surface area (Å²) >= 11 is 0. The van der Waals surface area contributed by atoms with Crippen LogP contribution >= 0.6 is 0 Å². The second-order valence-corrected chi connectivity index (χ2v) is 8.23. The number of pyridine rings is 1. The molecular weight excluding hydrogens is 433 g/mol. The second-order valence-electron chi connectivity index (χ2n) is 8.23. The molecule has 1 N–H and O–H groups in total. The van der Waals surface area contributed by atoms with Crippen molar-refractivity contribution in [2.24, 2.45) is 7.05 Å². The summed E-state index contributed by atoms with van der Waals surface area (Å²) in [7, 11) is 1.82. The highest BCUT2D eigenvalue weighted by Crippen LogP contribution is 2.29. The average molecular weight is 455 g/mol. The molecule has 5 rings (SSSR count). The van der Waals surface area contributed by atoms with Gasteiger partial charge in [0.25, 0.3) is 11.6 Å². The van der Waals surface area contributed by atoms with Gasteiger partial charge in [-0.1, -0.05) is 47.1 Å². The van der Waals surface area contributed by atoms with Crippen LogP contribution in [0.3, 0.4) is 0 Å². The molecule has 8 heteroatoms. The summed E-state index contributed by atoms with van der Waals surface area (Å²) in [5.74, 6) is -0.192. The lowest BCUT2D eigenvalue weighted by atomic mass is 10.0. The first-order valence-corrected chi connectivity index (χ1v) is 10.8. The maximum Gasteiger partial charge on any atom is 0.259 e. The van der Waals surface area contributed by atoms with Gasteiger partial charge in [-0.25, -0.2) is 14.4 Å². The highest BCUT2D eigenvalue weighted by Gasteiger charge is 2.25. The van der Waals surface area contributed by atoms with Gasteiger partial charge in [0, 0.05) is 25.0 Å². The molecule has 3 aromatic heterocycles. The van der Waals surface area contributed by atoms with Crippen LogP contribution in [0.4, 0.5) is 4.39 Å². The third-order valence-electron chi connectivity index (χ3n) is 5.78. The fourth-order valence-corrected chi connectivity index (χ4v) is 3.99. The van der Waals surface area contributed by atoms with Crippen molar-refractivity contribution in [3.63, 3.8) is 0 Å². The molecule has 1 unspecified atom stereocenters. The van der Waals surface area contributed by atoms with Gasteiger partial charge in [-0.15, -0.1) is 0 Å². The molecule has 0 fully saturated rings. The first kappa shape index (κ1) is 21.5. The molecular formula is C26H22FN5O2. The van der Waals surface area contributed by atoms with Crippen LogP contribution in [0.5, 0.6) is 0 Å². The number of rotatable bonds is 5. The predicted octanol–water partition coefficient (Wildman–Crippen LogP) is 4.90. The molecule has 3 heterocycles. The molecule has 34 heavy (non-hydrogen) atoms. The Bertz CT molecular complexity index is 1500. The number of nitrogens with zero attached hydrogens (tertiary/aromatic N) is 4. The van der Waals surface area contributed by atoms with Crippen LogP contribution in [-0.2, 0) is 7.05 Å². The zero-order valence-corrected chi connectivity index (χ0v) is 18.9. The summed E-state index contributed by atoms with van der Waals surface area (Å²) in [6, 6.07) is 15.0. The molecule has 2 aromatic carbocycles. The highest BCUT2D eigenvalue weighted by atomic mass is 19.1. The Hall–Kier alpha value is -4.33. The van der Waals surface area contributed by atoms with Crippen molar-refractivity contribution >= 4 is 17.0 Å². The fourth-order valence-electron chi connectivity index (χ4n) is 3.99. The molecule has 0 radical (unpaired) electrons. The monoisotopic (exact) mass is 455 g/mol. The zero-order chi connectivity index (χ0) is 23.8. The molecule has 7 nitrogen and oxygen atoms in total. The van der Waals surface area contributed by atoms with Gasteiger partial charge in [0.05, 0.1) is 22.3 Å². The average Bonchev–Trinajstić information content (AvgIpc) is 3.42. The van der Waals surface area contributed by atoms with Gasteiger partial charge in [0.2, 0.25) is 0 Å². The first-order valence-electron chi connectivity index (χ1n) is 10.8. The first-order chi connectivity index (χ1) is 16.4. The number of nitrogens with one attached hydrogen (secondary N) is 1. The van der Waals surface area contributed by atoms with Crippen molar-refractivity contribution in [3.05, 3.63) is 101 Å². The quantitative estimate of drug-likeness (QED) is 0.407. The maximum absolute atomic E-state index is 14.0. The van der Waals surface area contributed by atoms with Crippen LogP contribution < -0.4 is 5.32 Å². The largest absolute Gasteiger partial charge is 0.338 e. The van der Waals surface area contributed by atoms with Crippen molar-refractivity contribution in [2.45, 2.75) is 19.9 Å². The van der Waals surface area contributed by atoms with Crippen molar-refractivity contribution in [1.82, 2.24) is 25.0 Å². The van der Waals surface area contributed by atoms with Crippen LogP contribution in [0, 0.1) is 19.7 Å². The summed E-state index contributed by atoms with van der Waals surface area (Å²) in [6.07, 6.45) is 3.41. The SMILES string of the molecule is Cc1ccc(-c2cc(C(=O)NC(c3cccc(F)c3)c3nccn3C)c3c(C)noc3n2)cc1. The minimum Gasteiger partial charge on any atom is -0.338 e. The van der Waals surface area contributed by atoms with Crippen LogP contribution in [0.25, 0.3) is 22.4 Å². The molecule has 170 valence electrons. The molecule has 0 aliphatic rings. The van der Waals surface area contributed by atoms with Gasteiger partial charge < -0.3 is 14.4 Å². The number of imidazole rings is 1. The van der Waals surface area contributed by atoms with E-state index in [-0.39, 0.29) is 11.6 Å². The lowest BCUT2D eigenvalue weighted by molar-refractivity contribution is 0.0942. The molecule has 0 aliphatic heterocycles. The third-order valence-corrected chi connectivity index (χ3v) is 5.78. The van der Waals surface area contributed by atoms with E-state index in [9.17, 15) is 9.18 Å². The van der Waals surface area contributed by atoms with Crippen LogP contribution in [0.15, 0.2) is 71.5 Å². The fraction of sp³-hybridized carbons (Fsp3) is 0.154. The zero-order valence-electron chi connectivity index (χ0n) is 18.9. The van der Waals surface area contributed by atoms with Crippen LogP contribution in [0.2, 0.25) is 0 Å². The minimum absolute atomic E-state index is 0.278. The standard InChI is InChI=1S/C26H22FN5O2/c1-15-7-9-17(10-8-15)21-14-20(22-16(2)31-34-26(22)29-21)25(33)30-23(24-28-11-12-32(24)3)18-5-4-6-19(27)13-18/h4-14,23H,1-3H3,(H,30,33). The van der Waals surface area contributed by atoms with Gasteiger partial charge in [0.1, 0.15) is 17.7 Å². The number of carbonyl (C=O) groups is 1. The van der Waals surface area contributed by atoms with E-state index in [0.717, 1.165) is 11.1 Å². The Morgan fingerprint density at radius 2 is 1.91 bits per heavy atom. The molecule has 1 atom stereocenters. The summed E-state index contributed by atoms with van der Waals surface area (Å²) in [5.41, 5.74) is 4.34. The predicted molar refractivity (Wildman–Crippen MR) is 126 cm³/mol. The molecule has 1 amide bonds. The number of amides is 1. The van der Waals surface area contributed by atoms with Gasteiger partial charge in [-0.3, -0.25) is 4.79 Å².